The third-order valence-corrected chi connectivity index (χ3v) is 5.16. The monoisotopic (exact) mass is 435 g/mol. The van der Waals surface area contributed by atoms with Crippen LogP contribution in [0.3, 0.4) is 0 Å². The van der Waals surface area contributed by atoms with Gasteiger partial charge in [0.15, 0.2) is 0 Å². The number of nitrogens with zero attached hydrogens (tertiary/aromatic N) is 1. The van der Waals surface area contributed by atoms with Crippen LogP contribution >= 0.6 is 22.6 Å². The SMILES string of the molecule is CC(=O)OCc1c(I)cccc1N1CCc2cc(C)ccc2C1=O. The molecule has 0 fully saturated rings. The van der Waals surface area contributed by atoms with Gasteiger partial charge in [0.25, 0.3) is 5.91 Å². The number of aryl methyl sites for hydroxylation is 1. The summed E-state index contributed by atoms with van der Waals surface area (Å²) in [4.78, 5) is 25.9. The summed E-state index contributed by atoms with van der Waals surface area (Å²) in [5.74, 6) is -0.325. The maximum atomic E-state index is 12.9. The van der Waals surface area contributed by atoms with Crippen LogP contribution in [0.2, 0.25) is 0 Å². The molecule has 0 radical (unpaired) electrons. The summed E-state index contributed by atoms with van der Waals surface area (Å²) in [7, 11) is 0. The van der Waals surface area contributed by atoms with Crippen LogP contribution in [0.25, 0.3) is 0 Å². The van der Waals surface area contributed by atoms with Crippen molar-refractivity contribution in [2.24, 2.45) is 0 Å². The largest absolute Gasteiger partial charge is 0.461 e. The van der Waals surface area contributed by atoms with E-state index in [1.165, 1.54) is 12.5 Å². The summed E-state index contributed by atoms with van der Waals surface area (Å²) in [6.45, 7) is 4.23. The van der Waals surface area contributed by atoms with E-state index in [9.17, 15) is 9.59 Å². The fourth-order valence-electron chi connectivity index (χ4n) is 2.96. The first-order chi connectivity index (χ1) is 11.5. The van der Waals surface area contributed by atoms with Gasteiger partial charge in [0, 0.05) is 28.2 Å². The molecule has 0 saturated carbocycles. The lowest BCUT2D eigenvalue weighted by Crippen LogP contribution is -2.38. The Labute approximate surface area is 154 Å². The van der Waals surface area contributed by atoms with Crippen molar-refractivity contribution in [3.63, 3.8) is 0 Å². The number of fused-ring (bicyclic) bond motifs is 1. The Morgan fingerprint density at radius 2 is 2.08 bits per heavy atom. The van der Waals surface area contributed by atoms with Crippen LogP contribution in [0.15, 0.2) is 36.4 Å². The van der Waals surface area contributed by atoms with Crippen LogP contribution in [0.4, 0.5) is 5.69 Å². The molecule has 0 N–H and O–H groups in total. The average Bonchev–Trinajstić information content (AvgIpc) is 2.53. The van der Waals surface area contributed by atoms with E-state index in [2.05, 4.69) is 28.7 Å². The van der Waals surface area contributed by atoms with Gasteiger partial charge in [-0.3, -0.25) is 9.59 Å². The van der Waals surface area contributed by atoms with Gasteiger partial charge in [0.05, 0.1) is 5.69 Å². The summed E-state index contributed by atoms with van der Waals surface area (Å²) in [6, 6.07) is 11.7. The number of carbonyl (C=O) groups is 2. The summed E-state index contributed by atoms with van der Waals surface area (Å²) < 4.78 is 6.16. The zero-order valence-corrected chi connectivity index (χ0v) is 15.8. The van der Waals surface area contributed by atoms with Crippen LogP contribution in [0.5, 0.6) is 0 Å². The summed E-state index contributed by atoms with van der Waals surface area (Å²) in [6.07, 6.45) is 0.821. The molecule has 4 nitrogen and oxygen atoms in total. The van der Waals surface area contributed by atoms with E-state index in [0.29, 0.717) is 6.54 Å². The molecule has 2 aromatic carbocycles. The lowest BCUT2D eigenvalue weighted by atomic mass is 9.96. The summed E-state index contributed by atoms with van der Waals surface area (Å²) in [5, 5.41) is 0. The molecule has 3 rings (SSSR count). The van der Waals surface area contributed by atoms with Crippen LogP contribution in [-0.2, 0) is 22.6 Å². The molecule has 0 spiro atoms. The van der Waals surface area contributed by atoms with Gasteiger partial charge in [-0.2, -0.15) is 0 Å². The Balaban J connectivity index is 1.98. The van der Waals surface area contributed by atoms with E-state index in [1.54, 1.807) is 4.90 Å². The summed E-state index contributed by atoms with van der Waals surface area (Å²) in [5.41, 5.74) is 4.71. The smallest absolute Gasteiger partial charge is 0.302 e. The lowest BCUT2D eigenvalue weighted by Gasteiger charge is -2.30. The Morgan fingerprint density at radius 3 is 2.83 bits per heavy atom. The number of rotatable bonds is 3. The fraction of sp³-hybridized carbons (Fsp3) is 0.263. The van der Waals surface area contributed by atoms with E-state index >= 15 is 0 Å². The van der Waals surface area contributed by atoms with Gasteiger partial charge in [-0.1, -0.05) is 23.8 Å². The van der Waals surface area contributed by atoms with E-state index < -0.39 is 0 Å². The first-order valence-electron chi connectivity index (χ1n) is 7.79. The second-order valence-corrected chi connectivity index (χ2v) is 7.05. The van der Waals surface area contributed by atoms with Crippen molar-refractivity contribution in [3.05, 3.63) is 62.2 Å². The highest BCUT2D eigenvalue weighted by atomic mass is 127. The van der Waals surface area contributed by atoms with E-state index in [0.717, 1.165) is 32.4 Å². The quantitative estimate of drug-likeness (QED) is 0.544. The number of carbonyl (C=O) groups excluding carboxylic acids is 2. The molecule has 24 heavy (non-hydrogen) atoms. The predicted octanol–water partition coefficient (Wildman–Crippen LogP) is 3.87. The van der Waals surface area contributed by atoms with Crippen molar-refractivity contribution in [1.82, 2.24) is 0 Å². The molecule has 0 aromatic heterocycles. The van der Waals surface area contributed by atoms with Crippen molar-refractivity contribution in [1.29, 1.82) is 0 Å². The van der Waals surface area contributed by atoms with Crippen molar-refractivity contribution in [2.45, 2.75) is 26.9 Å². The number of amides is 1. The molecule has 1 amide bonds. The van der Waals surface area contributed by atoms with Crippen LogP contribution < -0.4 is 4.90 Å². The highest BCUT2D eigenvalue weighted by Crippen LogP contribution is 2.31. The fourth-order valence-corrected chi connectivity index (χ4v) is 3.60. The molecule has 1 aliphatic heterocycles. The Kier molecular flexibility index (Phi) is 4.89. The zero-order chi connectivity index (χ0) is 17.3. The van der Waals surface area contributed by atoms with Crippen LogP contribution in [-0.4, -0.2) is 18.4 Å². The van der Waals surface area contributed by atoms with Gasteiger partial charge in [-0.25, -0.2) is 0 Å². The second kappa shape index (κ2) is 6.93. The Bertz CT molecular complexity index is 816. The van der Waals surface area contributed by atoms with Crippen LogP contribution in [0, 0.1) is 10.5 Å². The van der Waals surface area contributed by atoms with Gasteiger partial charge in [-0.15, -0.1) is 0 Å². The van der Waals surface area contributed by atoms with Crippen molar-refractivity contribution < 1.29 is 14.3 Å². The topological polar surface area (TPSA) is 46.6 Å². The molecule has 0 unspecified atom stereocenters. The molecule has 0 aliphatic carbocycles. The average molecular weight is 435 g/mol. The molecule has 124 valence electrons. The van der Waals surface area contributed by atoms with Gasteiger partial charge in [0.2, 0.25) is 0 Å². The summed E-state index contributed by atoms with van der Waals surface area (Å²) >= 11 is 2.21. The molecule has 1 aliphatic rings. The molecular weight excluding hydrogens is 417 g/mol. The van der Waals surface area contributed by atoms with Crippen LogP contribution in [0.1, 0.15) is 34.0 Å². The minimum atomic E-state index is -0.327. The van der Waals surface area contributed by atoms with Gasteiger partial charge < -0.3 is 9.64 Å². The number of anilines is 1. The second-order valence-electron chi connectivity index (χ2n) is 5.89. The normalized spacial score (nSPS) is 13.6. The number of esters is 1. The molecule has 0 saturated heterocycles. The minimum Gasteiger partial charge on any atom is -0.461 e. The van der Waals surface area contributed by atoms with Gasteiger partial charge in [-0.05, 0) is 59.7 Å². The van der Waals surface area contributed by atoms with E-state index in [4.69, 9.17) is 4.74 Å². The Morgan fingerprint density at radius 1 is 1.29 bits per heavy atom. The maximum Gasteiger partial charge on any atom is 0.302 e. The number of halogens is 1. The molecule has 0 atom stereocenters. The first-order valence-corrected chi connectivity index (χ1v) is 8.87. The number of benzene rings is 2. The predicted molar refractivity (Wildman–Crippen MR) is 101 cm³/mol. The zero-order valence-electron chi connectivity index (χ0n) is 13.6. The molecular formula is C19H18INO3. The van der Waals surface area contributed by atoms with Crippen molar-refractivity contribution >= 4 is 40.2 Å². The van der Waals surface area contributed by atoms with Crippen molar-refractivity contribution in [3.8, 4) is 0 Å². The standard InChI is InChI=1S/C19H18INO3/c1-12-6-7-15-14(10-12)8-9-21(19(15)23)18-5-3-4-17(20)16(18)11-24-13(2)22/h3-7,10H,8-9,11H2,1-2H3. The van der Waals surface area contributed by atoms with Crippen molar-refractivity contribution in [2.75, 3.05) is 11.4 Å². The van der Waals surface area contributed by atoms with E-state index in [-0.39, 0.29) is 18.5 Å². The number of ether oxygens (including phenoxy) is 1. The minimum absolute atomic E-state index is 0.00215. The lowest BCUT2D eigenvalue weighted by molar-refractivity contribution is -0.142. The Hall–Kier alpha value is -1.89. The highest BCUT2D eigenvalue weighted by Gasteiger charge is 2.27. The highest BCUT2D eigenvalue weighted by molar-refractivity contribution is 14.1. The molecule has 5 heteroatoms. The van der Waals surface area contributed by atoms with Gasteiger partial charge >= 0.3 is 5.97 Å². The number of hydrogen-bond donors (Lipinski definition) is 0. The third-order valence-electron chi connectivity index (χ3n) is 4.15. The molecule has 2 aromatic rings. The molecule has 1 heterocycles. The molecule has 0 bridgehead atoms. The maximum absolute atomic E-state index is 12.9. The van der Waals surface area contributed by atoms with Gasteiger partial charge in [0.1, 0.15) is 6.61 Å². The van der Waals surface area contributed by atoms with E-state index in [1.807, 2.05) is 37.3 Å². The third kappa shape index (κ3) is 3.31. The number of hydrogen-bond acceptors (Lipinski definition) is 3. The first kappa shape index (κ1) is 17.0.